The highest BCUT2D eigenvalue weighted by atomic mass is 35.5. The van der Waals surface area contributed by atoms with Crippen LogP contribution in [0.3, 0.4) is 0 Å². The van der Waals surface area contributed by atoms with Crippen LogP contribution in [0.15, 0.2) is 12.4 Å². The number of carboxylic acid groups (broad SMARTS) is 1. The number of imidazole rings is 1. The third-order valence-corrected chi connectivity index (χ3v) is 3.23. The van der Waals surface area contributed by atoms with Gasteiger partial charge in [0.1, 0.15) is 5.82 Å². The number of rotatable bonds is 2. The van der Waals surface area contributed by atoms with E-state index in [1.807, 2.05) is 0 Å². The van der Waals surface area contributed by atoms with E-state index in [-0.39, 0.29) is 10.0 Å². The predicted octanol–water partition coefficient (Wildman–Crippen LogP) is 1.99. The van der Waals surface area contributed by atoms with Gasteiger partial charge < -0.3 is 5.11 Å². The number of halogens is 1. The minimum Gasteiger partial charge on any atom is -0.477 e. The summed E-state index contributed by atoms with van der Waals surface area (Å²) < 4.78 is 1.68. The number of carboxylic acids is 1. The normalized spacial score (nSPS) is 10.5. The molecule has 0 aliphatic carbocycles. The monoisotopic (exact) mass is 243 g/mol. The molecule has 0 saturated carbocycles. The summed E-state index contributed by atoms with van der Waals surface area (Å²) in [6.45, 7) is 1.80. The molecular formula is C8H6ClN3O2S. The fourth-order valence-corrected chi connectivity index (χ4v) is 2.26. The average Bonchev–Trinajstić information content (AvgIpc) is 2.71. The van der Waals surface area contributed by atoms with E-state index in [0.717, 1.165) is 17.2 Å². The molecular weight excluding hydrogens is 238 g/mol. The van der Waals surface area contributed by atoms with Crippen LogP contribution in [-0.2, 0) is 0 Å². The van der Waals surface area contributed by atoms with Crippen LogP contribution in [0.4, 0.5) is 0 Å². The fourth-order valence-electron chi connectivity index (χ4n) is 1.11. The summed E-state index contributed by atoms with van der Waals surface area (Å²) in [6.07, 6.45) is 3.32. The second-order valence-corrected chi connectivity index (χ2v) is 4.10. The predicted molar refractivity (Wildman–Crippen MR) is 55.9 cm³/mol. The van der Waals surface area contributed by atoms with Crippen molar-refractivity contribution >= 4 is 28.9 Å². The zero-order valence-corrected chi connectivity index (χ0v) is 9.21. The van der Waals surface area contributed by atoms with Gasteiger partial charge in [0.05, 0.1) is 0 Å². The molecule has 0 bridgehead atoms. The summed E-state index contributed by atoms with van der Waals surface area (Å²) in [5, 5.41) is 9.32. The van der Waals surface area contributed by atoms with Gasteiger partial charge in [0.15, 0.2) is 15.2 Å². The summed E-state index contributed by atoms with van der Waals surface area (Å²) in [5.41, 5.74) is 0. The Labute approximate surface area is 94.0 Å². The smallest absolute Gasteiger partial charge is 0.349 e. The molecule has 2 aromatic heterocycles. The van der Waals surface area contributed by atoms with E-state index < -0.39 is 5.97 Å². The Kier molecular flexibility index (Phi) is 2.45. The van der Waals surface area contributed by atoms with E-state index in [1.165, 1.54) is 0 Å². The lowest BCUT2D eigenvalue weighted by Crippen LogP contribution is -1.93. The van der Waals surface area contributed by atoms with Crippen LogP contribution >= 0.6 is 22.9 Å². The standard InChI is InChI=1S/C8H6ClN3O2S/c1-4-10-2-3-12(4)8-11-6(9)5(15-8)7(13)14/h2-3H,1H3,(H,13,14). The van der Waals surface area contributed by atoms with E-state index in [0.29, 0.717) is 5.13 Å². The second kappa shape index (κ2) is 3.63. The second-order valence-electron chi connectivity index (χ2n) is 2.77. The van der Waals surface area contributed by atoms with Crippen molar-refractivity contribution in [3.05, 3.63) is 28.2 Å². The molecule has 1 N–H and O–H groups in total. The third-order valence-electron chi connectivity index (χ3n) is 1.80. The number of hydrogen-bond donors (Lipinski definition) is 1. The highest BCUT2D eigenvalue weighted by Crippen LogP contribution is 2.26. The summed E-state index contributed by atoms with van der Waals surface area (Å²) in [5.74, 6) is -0.334. The van der Waals surface area contributed by atoms with Gasteiger partial charge in [0.2, 0.25) is 0 Å². The highest BCUT2D eigenvalue weighted by Gasteiger charge is 2.17. The van der Waals surface area contributed by atoms with Crippen LogP contribution in [0, 0.1) is 6.92 Å². The van der Waals surface area contributed by atoms with E-state index in [9.17, 15) is 4.79 Å². The minimum absolute atomic E-state index is 0.00981. The van der Waals surface area contributed by atoms with Gasteiger partial charge in [0, 0.05) is 12.4 Å². The molecule has 0 amide bonds. The Morgan fingerprint density at radius 1 is 1.67 bits per heavy atom. The lowest BCUT2D eigenvalue weighted by molar-refractivity contribution is 0.0702. The maximum absolute atomic E-state index is 10.8. The Hall–Kier alpha value is -1.40. The molecule has 0 saturated heterocycles. The molecule has 5 nitrogen and oxygen atoms in total. The molecule has 0 fully saturated rings. The minimum atomic E-state index is -1.07. The first-order chi connectivity index (χ1) is 7.09. The number of aromatic nitrogens is 3. The molecule has 0 atom stereocenters. The van der Waals surface area contributed by atoms with E-state index in [1.54, 1.807) is 23.9 Å². The van der Waals surface area contributed by atoms with Crippen molar-refractivity contribution in [3.63, 3.8) is 0 Å². The van der Waals surface area contributed by atoms with E-state index >= 15 is 0 Å². The molecule has 2 aromatic rings. The molecule has 0 unspecified atom stereocenters. The summed E-state index contributed by atoms with van der Waals surface area (Å²) >= 11 is 6.71. The van der Waals surface area contributed by atoms with Gasteiger partial charge in [-0.2, -0.15) is 0 Å². The molecule has 15 heavy (non-hydrogen) atoms. The maximum Gasteiger partial charge on any atom is 0.349 e. The highest BCUT2D eigenvalue weighted by molar-refractivity contribution is 7.16. The van der Waals surface area contributed by atoms with Crippen LogP contribution in [0.2, 0.25) is 5.15 Å². The maximum atomic E-state index is 10.8. The van der Waals surface area contributed by atoms with Crippen LogP contribution in [0.5, 0.6) is 0 Å². The van der Waals surface area contributed by atoms with Crippen molar-refractivity contribution in [3.8, 4) is 5.13 Å². The Bertz CT molecular complexity index is 520. The van der Waals surface area contributed by atoms with Gasteiger partial charge in [-0.1, -0.05) is 22.9 Å². The summed E-state index contributed by atoms with van der Waals surface area (Å²) in [7, 11) is 0. The quantitative estimate of drug-likeness (QED) is 0.876. The fraction of sp³-hybridized carbons (Fsp3) is 0.125. The number of carbonyl (C=O) groups is 1. The summed E-state index contributed by atoms with van der Waals surface area (Å²) in [6, 6.07) is 0. The SMILES string of the molecule is Cc1nccn1-c1nc(Cl)c(C(=O)O)s1. The van der Waals surface area contributed by atoms with Gasteiger partial charge in [-0.25, -0.2) is 14.8 Å². The van der Waals surface area contributed by atoms with Crippen LogP contribution in [-0.4, -0.2) is 25.6 Å². The number of nitrogens with zero attached hydrogens (tertiary/aromatic N) is 3. The number of aryl methyl sites for hydroxylation is 1. The Balaban J connectivity index is 2.52. The third kappa shape index (κ3) is 1.73. The van der Waals surface area contributed by atoms with Crippen molar-refractivity contribution < 1.29 is 9.90 Å². The Morgan fingerprint density at radius 3 is 2.87 bits per heavy atom. The molecule has 2 rings (SSSR count). The number of aromatic carboxylic acids is 1. The van der Waals surface area contributed by atoms with Gasteiger partial charge in [-0.3, -0.25) is 4.57 Å². The average molecular weight is 244 g/mol. The van der Waals surface area contributed by atoms with Crippen molar-refractivity contribution in [1.82, 2.24) is 14.5 Å². The van der Waals surface area contributed by atoms with Crippen LogP contribution in [0.25, 0.3) is 5.13 Å². The van der Waals surface area contributed by atoms with Crippen molar-refractivity contribution in [2.45, 2.75) is 6.92 Å². The first-order valence-electron chi connectivity index (χ1n) is 3.99. The van der Waals surface area contributed by atoms with Crippen molar-refractivity contribution in [2.24, 2.45) is 0 Å². The zero-order chi connectivity index (χ0) is 11.0. The van der Waals surface area contributed by atoms with Crippen molar-refractivity contribution in [2.75, 3.05) is 0 Å². The van der Waals surface area contributed by atoms with E-state index in [2.05, 4.69) is 9.97 Å². The molecule has 0 aromatic carbocycles. The van der Waals surface area contributed by atoms with Crippen molar-refractivity contribution in [1.29, 1.82) is 0 Å². The van der Waals surface area contributed by atoms with Gasteiger partial charge >= 0.3 is 5.97 Å². The lowest BCUT2D eigenvalue weighted by Gasteiger charge is -1.96. The van der Waals surface area contributed by atoms with Gasteiger partial charge in [0.25, 0.3) is 0 Å². The topological polar surface area (TPSA) is 68.0 Å². The largest absolute Gasteiger partial charge is 0.477 e. The zero-order valence-electron chi connectivity index (χ0n) is 7.64. The number of thiazole rings is 1. The van der Waals surface area contributed by atoms with Gasteiger partial charge in [-0.05, 0) is 6.92 Å². The molecule has 2 heterocycles. The Morgan fingerprint density at radius 2 is 2.40 bits per heavy atom. The molecule has 0 aliphatic rings. The first-order valence-corrected chi connectivity index (χ1v) is 5.19. The molecule has 7 heteroatoms. The van der Waals surface area contributed by atoms with Crippen LogP contribution < -0.4 is 0 Å². The van der Waals surface area contributed by atoms with Crippen LogP contribution in [0.1, 0.15) is 15.5 Å². The van der Waals surface area contributed by atoms with E-state index in [4.69, 9.17) is 16.7 Å². The first kappa shape index (κ1) is 10.1. The molecule has 78 valence electrons. The lowest BCUT2D eigenvalue weighted by atomic mass is 10.6. The molecule has 0 spiro atoms. The summed E-state index contributed by atoms with van der Waals surface area (Å²) in [4.78, 5) is 18.8. The van der Waals surface area contributed by atoms with Gasteiger partial charge in [-0.15, -0.1) is 0 Å². The molecule has 0 radical (unpaired) electrons. The number of hydrogen-bond acceptors (Lipinski definition) is 4. The molecule has 0 aliphatic heterocycles.